The third-order valence-corrected chi connectivity index (χ3v) is 6.38. The van der Waals surface area contributed by atoms with E-state index in [0.717, 1.165) is 36.8 Å². The van der Waals surface area contributed by atoms with Crippen LogP contribution in [0.15, 0.2) is 39.5 Å². The van der Waals surface area contributed by atoms with E-state index < -0.39 is 18.3 Å². The van der Waals surface area contributed by atoms with Gasteiger partial charge in [-0.3, -0.25) is 9.59 Å². The average molecular weight is 430 g/mol. The van der Waals surface area contributed by atoms with Gasteiger partial charge in [0.1, 0.15) is 6.54 Å². The molecule has 2 aromatic rings. The molecule has 1 N–H and O–H groups in total. The summed E-state index contributed by atoms with van der Waals surface area (Å²) in [6, 6.07) is 9.01. The van der Waals surface area contributed by atoms with Gasteiger partial charge in [-0.25, -0.2) is 4.79 Å². The number of amides is 1. The Labute approximate surface area is 182 Å². The maximum atomic E-state index is 12.2. The van der Waals surface area contributed by atoms with E-state index in [9.17, 15) is 14.4 Å². The first-order valence-corrected chi connectivity index (χ1v) is 10.9. The molecule has 8 nitrogen and oxygen atoms in total. The molecule has 1 aromatic carbocycles. The summed E-state index contributed by atoms with van der Waals surface area (Å²) in [5.74, 6) is -1.02. The van der Waals surface area contributed by atoms with Crippen LogP contribution in [0.3, 0.4) is 0 Å². The molecular formula is C23H31N3O5. The van der Waals surface area contributed by atoms with Crippen LogP contribution in [0.25, 0.3) is 11.5 Å². The minimum Gasteiger partial charge on any atom is -0.454 e. The zero-order valence-corrected chi connectivity index (χ0v) is 18.4. The number of carbonyl (C=O) groups excluding carboxylic acids is 2. The summed E-state index contributed by atoms with van der Waals surface area (Å²) >= 11 is 0. The molecule has 1 aliphatic carbocycles. The Balaban J connectivity index is 1.43. The van der Waals surface area contributed by atoms with Gasteiger partial charge in [0.15, 0.2) is 6.61 Å². The standard InChI is InChI=1S/C23H31N3O5/c1-4-23(2,3)17-10-12-18(13-11-17)24-19(27)15-30-20(28)14-26-22(29)31-21(25-26)16-8-6-5-7-9-16/h5-9,17-18H,4,10-15H2,1-3H3,(H,24,27). The summed E-state index contributed by atoms with van der Waals surface area (Å²) in [5.41, 5.74) is 0.951. The van der Waals surface area contributed by atoms with Crippen molar-refractivity contribution in [2.24, 2.45) is 11.3 Å². The third kappa shape index (κ3) is 6.06. The summed E-state index contributed by atoms with van der Waals surface area (Å²) in [7, 11) is 0. The predicted molar refractivity (Wildman–Crippen MR) is 115 cm³/mol. The van der Waals surface area contributed by atoms with Crippen LogP contribution in [0.1, 0.15) is 52.9 Å². The van der Waals surface area contributed by atoms with E-state index in [1.807, 2.05) is 6.07 Å². The summed E-state index contributed by atoms with van der Waals surface area (Å²) in [4.78, 5) is 36.1. The van der Waals surface area contributed by atoms with Crippen molar-refractivity contribution in [2.75, 3.05) is 6.61 Å². The molecule has 0 unspecified atom stereocenters. The molecule has 31 heavy (non-hydrogen) atoms. The van der Waals surface area contributed by atoms with Gasteiger partial charge in [0.2, 0.25) is 5.89 Å². The smallest absolute Gasteiger partial charge is 0.437 e. The number of benzene rings is 1. The van der Waals surface area contributed by atoms with Crippen LogP contribution in [-0.4, -0.2) is 34.3 Å². The number of hydrogen-bond acceptors (Lipinski definition) is 6. The molecule has 1 aliphatic rings. The topological polar surface area (TPSA) is 103 Å². The van der Waals surface area contributed by atoms with Gasteiger partial charge in [-0.1, -0.05) is 45.4 Å². The van der Waals surface area contributed by atoms with Crippen LogP contribution in [0.2, 0.25) is 0 Å². The lowest BCUT2D eigenvalue weighted by Crippen LogP contribution is -2.41. The van der Waals surface area contributed by atoms with Crippen molar-refractivity contribution in [3.8, 4) is 11.5 Å². The second kappa shape index (κ2) is 9.94. The SMILES string of the molecule is CCC(C)(C)C1CCC(NC(=O)COC(=O)Cn2nc(-c3ccccc3)oc2=O)CC1. The highest BCUT2D eigenvalue weighted by molar-refractivity contribution is 5.80. The van der Waals surface area contributed by atoms with Crippen molar-refractivity contribution in [3.63, 3.8) is 0 Å². The number of ether oxygens (including phenoxy) is 1. The normalized spacial score (nSPS) is 19.1. The van der Waals surface area contributed by atoms with Gasteiger partial charge in [-0.05, 0) is 49.1 Å². The summed E-state index contributed by atoms with van der Waals surface area (Å²) in [5, 5.41) is 6.96. The number of aromatic nitrogens is 2. The van der Waals surface area contributed by atoms with Crippen LogP contribution < -0.4 is 11.1 Å². The molecule has 1 saturated carbocycles. The molecule has 0 bridgehead atoms. The van der Waals surface area contributed by atoms with Gasteiger partial charge in [0.25, 0.3) is 5.91 Å². The van der Waals surface area contributed by atoms with E-state index in [1.54, 1.807) is 24.3 Å². The van der Waals surface area contributed by atoms with Crippen molar-refractivity contribution >= 4 is 11.9 Å². The molecule has 0 spiro atoms. The molecule has 8 heteroatoms. The fraction of sp³-hybridized carbons (Fsp3) is 0.565. The van der Waals surface area contributed by atoms with E-state index in [4.69, 9.17) is 9.15 Å². The van der Waals surface area contributed by atoms with Crippen molar-refractivity contribution < 1.29 is 18.7 Å². The number of nitrogens with zero attached hydrogens (tertiary/aromatic N) is 2. The first-order chi connectivity index (χ1) is 14.8. The van der Waals surface area contributed by atoms with Crippen molar-refractivity contribution in [1.29, 1.82) is 0 Å². The number of esters is 1. The van der Waals surface area contributed by atoms with Gasteiger partial charge < -0.3 is 14.5 Å². The molecule has 0 aliphatic heterocycles. The molecule has 0 radical (unpaired) electrons. The lowest BCUT2D eigenvalue weighted by molar-refractivity contribution is -0.149. The molecule has 168 valence electrons. The molecule has 0 saturated heterocycles. The largest absolute Gasteiger partial charge is 0.454 e. The lowest BCUT2D eigenvalue weighted by Gasteiger charge is -2.39. The first-order valence-electron chi connectivity index (χ1n) is 10.9. The highest BCUT2D eigenvalue weighted by atomic mass is 16.5. The van der Waals surface area contributed by atoms with Crippen LogP contribution in [0.5, 0.6) is 0 Å². The van der Waals surface area contributed by atoms with Crippen molar-refractivity contribution in [3.05, 3.63) is 40.9 Å². The van der Waals surface area contributed by atoms with E-state index >= 15 is 0 Å². The average Bonchev–Trinajstić information content (AvgIpc) is 3.13. The van der Waals surface area contributed by atoms with E-state index in [1.165, 1.54) is 0 Å². The lowest BCUT2D eigenvalue weighted by atomic mass is 9.69. The highest BCUT2D eigenvalue weighted by Gasteiger charge is 2.32. The fourth-order valence-electron chi connectivity index (χ4n) is 3.99. The van der Waals surface area contributed by atoms with Gasteiger partial charge >= 0.3 is 11.7 Å². The second-order valence-corrected chi connectivity index (χ2v) is 8.82. The Morgan fingerprint density at radius 3 is 2.52 bits per heavy atom. The maximum absolute atomic E-state index is 12.2. The molecule has 1 fully saturated rings. The Kier molecular flexibility index (Phi) is 7.30. The molecule has 1 heterocycles. The predicted octanol–water partition coefficient (Wildman–Crippen LogP) is 3.16. The van der Waals surface area contributed by atoms with Crippen molar-refractivity contribution in [1.82, 2.24) is 15.1 Å². The first kappa shape index (κ1) is 22.8. The van der Waals surface area contributed by atoms with E-state index in [2.05, 4.69) is 31.2 Å². The third-order valence-electron chi connectivity index (χ3n) is 6.38. The number of rotatable bonds is 8. The number of carbonyl (C=O) groups is 2. The highest BCUT2D eigenvalue weighted by Crippen LogP contribution is 2.40. The second-order valence-electron chi connectivity index (χ2n) is 8.82. The van der Waals surface area contributed by atoms with Crippen molar-refractivity contribution in [2.45, 2.75) is 65.5 Å². The van der Waals surface area contributed by atoms with Crippen LogP contribution >= 0.6 is 0 Å². The summed E-state index contributed by atoms with van der Waals surface area (Å²) in [6.07, 6.45) is 5.19. The van der Waals surface area contributed by atoms with E-state index in [0.29, 0.717) is 16.9 Å². The summed E-state index contributed by atoms with van der Waals surface area (Å²) in [6.45, 7) is 6.03. The van der Waals surface area contributed by atoms with E-state index in [-0.39, 0.29) is 24.4 Å². The zero-order chi connectivity index (χ0) is 22.4. The van der Waals surface area contributed by atoms with Crippen LogP contribution in [0.4, 0.5) is 0 Å². The van der Waals surface area contributed by atoms with Gasteiger partial charge in [-0.15, -0.1) is 5.10 Å². The number of nitrogens with one attached hydrogen (secondary N) is 1. The maximum Gasteiger partial charge on any atom is 0.437 e. The van der Waals surface area contributed by atoms with Gasteiger partial charge in [0.05, 0.1) is 0 Å². The molecular weight excluding hydrogens is 398 g/mol. The quantitative estimate of drug-likeness (QED) is 0.647. The van der Waals surface area contributed by atoms with Crippen LogP contribution in [-0.2, 0) is 20.9 Å². The molecule has 3 rings (SSSR count). The summed E-state index contributed by atoms with van der Waals surface area (Å²) < 4.78 is 11.0. The van der Waals surface area contributed by atoms with Gasteiger partial charge in [0, 0.05) is 11.6 Å². The molecule has 1 aromatic heterocycles. The van der Waals surface area contributed by atoms with Gasteiger partial charge in [-0.2, -0.15) is 4.68 Å². The Morgan fingerprint density at radius 2 is 1.87 bits per heavy atom. The Morgan fingerprint density at radius 1 is 1.19 bits per heavy atom. The molecule has 0 atom stereocenters. The fourth-order valence-corrected chi connectivity index (χ4v) is 3.99. The monoisotopic (exact) mass is 429 g/mol. The Bertz CT molecular complexity index is 940. The van der Waals surface area contributed by atoms with Crippen LogP contribution in [0, 0.1) is 11.3 Å². The minimum atomic E-state index is -0.757. The molecule has 1 amide bonds. The minimum absolute atomic E-state index is 0.113. The zero-order valence-electron chi connectivity index (χ0n) is 18.4. The Hall–Kier alpha value is -2.90. The number of hydrogen-bond donors (Lipinski definition) is 1.